The van der Waals surface area contributed by atoms with E-state index in [0.29, 0.717) is 10.9 Å². The summed E-state index contributed by atoms with van der Waals surface area (Å²) >= 11 is 0. The second-order valence-electron chi connectivity index (χ2n) is 2.70. The van der Waals surface area contributed by atoms with E-state index in [1.807, 2.05) is 0 Å². The molecule has 0 unspecified atom stereocenters. The number of hydrogen-bond acceptors (Lipinski definition) is 4. The maximum Gasteiger partial charge on any atom is 0.289 e. The Morgan fingerprint density at radius 2 is 2.36 bits per heavy atom. The first-order valence-corrected chi connectivity index (χ1v) is 3.74. The Bertz CT molecular complexity index is 552. The molecule has 1 aromatic heterocycles. The molecular formula is C8H4N4O2. The Morgan fingerprint density at radius 1 is 1.57 bits per heavy atom. The quantitative estimate of drug-likeness (QED) is 0.539. The Morgan fingerprint density at radius 3 is 3.00 bits per heavy atom. The van der Waals surface area contributed by atoms with Gasteiger partial charge in [0.1, 0.15) is 11.6 Å². The third-order valence-corrected chi connectivity index (χ3v) is 1.87. The Hall–Kier alpha value is -2.42. The molecule has 6 nitrogen and oxygen atoms in total. The fourth-order valence-electron chi connectivity index (χ4n) is 1.22. The van der Waals surface area contributed by atoms with Gasteiger partial charge in [-0.25, -0.2) is 0 Å². The summed E-state index contributed by atoms with van der Waals surface area (Å²) in [7, 11) is 0. The van der Waals surface area contributed by atoms with Gasteiger partial charge in [-0.15, -0.1) is 0 Å². The summed E-state index contributed by atoms with van der Waals surface area (Å²) in [6.45, 7) is 0. The number of aromatic nitrogens is 2. The topological polar surface area (TPSA) is 95.6 Å². The molecule has 1 aromatic carbocycles. The Kier molecular flexibility index (Phi) is 1.65. The highest BCUT2D eigenvalue weighted by atomic mass is 16.6. The van der Waals surface area contributed by atoms with Crippen LogP contribution >= 0.6 is 0 Å². The molecule has 0 aliphatic carbocycles. The van der Waals surface area contributed by atoms with Crippen LogP contribution in [0.5, 0.6) is 0 Å². The molecule has 2 aromatic rings. The molecule has 0 atom stereocenters. The zero-order valence-corrected chi connectivity index (χ0v) is 6.89. The molecule has 1 N–H and O–H groups in total. The largest absolute Gasteiger partial charge is 0.289 e. The van der Waals surface area contributed by atoms with Crippen LogP contribution in [0.25, 0.3) is 10.9 Å². The molecule has 0 amide bonds. The van der Waals surface area contributed by atoms with Crippen molar-refractivity contribution in [3.8, 4) is 6.07 Å². The summed E-state index contributed by atoms with van der Waals surface area (Å²) in [6, 6.07) is 4.52. The first kappa shape index (κ1) is 8.19. The van der Waals surface area contributed by atoms with Crippen molar-refractivity contribution in [2.24, 2.45) is 0 Å². The van der Waals surface area contributed by atoms with Crippen LogP contribution < -0.4 is 0 Å². The van der Waals surface area contributed by atoms with Gasteiger partial charge in [0.2, 0.25) is 0 Å². The molecule has 2 rings (SSSR count). The highest BCUT2D eigenvalue weighted by molar-refractivity contribution is 5.83. The average molecular weight is 188 g/mol. The van der Waals surface area contributed by atoms with Gasteiger partial charge in [-0.1, -0.05) is 0 Å². The fraction of sp³-hybridized carbons (Fsp3) is 0. The summed E-state index contributed by atoms with van der Waals surface area (Å²) in [5.74, 6) is 0. The zero-order valence-electron chi connectivity index (χ0n) is 6.89. The van der Waals surface area contributed by atoms with Crippen LogP contribution in [0, 0.1) is 21.4 Å². The van der Waals surface area contributed by atoms with Gasteiger partial charge < -0.3 is 0 Å². The van der Waals surface area contributed by atoms with Gasteiger partial charge in [-0.05, 0) is 6.07 Å². The lowest BCUT2D eigenvalue weighted by atomic mass is 10.1. The number of H-pyrrole nitrogens is 1. The minimum absolute atomic E-state index is 0.0453. The van der Waals surface area contributed by atoms with E-state index in [4.69, 9.17) is 5.26 Å². The van der Waals surface area contributed by atoms with E-state index in [1.165, 1.54) is 18.3 Å². The van der Waals surface area contributed by atoms with Crippen molar-refractivity contribution < 1.29 is 4.92 Å². The van der Waals surface area contributed by atoms with Gasteiger partial charge in [-0.3, -0.25) is 15.2 Å². The van der Waals surface area contributed by atoms with Crippen LogP contribution in [0.1, 0.15) is 5.56 Å². The number of nitrogens with one attached hydrogen (secondary N) is 1. The molecular weight excluding hydrogens is 184 g/mol. The molecule has 0 fully saturated rings. The summed E-state index contributed by atoms with van der Waals surface area (Å²) in [5.41, 5.74) is 0.392. The lowest BCUT2D eigenvalue weighted by molar-refractivity contribution is -0.385. The molecule has 0 radical (unpaired) electrons. The van der Waals surface area contributed by atoms with Crippen LogP contribution in [0.3, 0.4) is 0 Å². The van der Waals surface area contributed by atoms with Crippen LogP contribution in [-0.4, -0.2) is 15.1 Å². The standard InChI is InChI=1S/C8H4N4O2/c9-3-5-1-6-4-10-11-7(6)2-8(5)12(13)14/h1-2,4H,(H,10,11). The number of fused-ring (bicyclic) bond motifs is 1. The smallest absolute Gasteiger partial charge is 0.278 e. The average Bonchev–Trinajstić information content (AvgIpc) is 2.62. The molecule has 0 saturated carbocycles. The monoisotopic (exact) mass is 188 g/mol. The van der Waals surface area contributed by atoms with Gasteiger partial charge in [0.15, 0.2) is 0 Å². The Labute approximate surface area is 77.9 Å². The predicted molar refractivity (Wildman–Crippen MR) is 47.5 cm³/mol. The number of nitro benzene ring substituents is 1. The number of benzene rings is 1. The van der Waals surface area contributed by atoms with Crippen LogP contribution in [0.15, 0.2) is 18.3 Å². The highest BCUT2D eigenvalue weighted by Gasteiger charge is 2.15. The molecule has 1 heterocycles. The van der Waals surface area contributed by atoms with Gasteiger partial charge in [0, 0.05) is 11.5 Å². The van der Waals surface area contributed by atoms with Crippen molar-refractivity contribution >= 4 is 16.6 Å². The number of nitriles is 1. The third-order valence-electron chi connectivity index (χ3n) is 1.87. The van der Waals surface area contributed by atoms with Gasteiger partial charge in [-0.2, -0.15) is 10.4 Å². The number of hydrogen-bond donors (Lipinski definition) is 1. The van der Waals surface area contributed by atoms with E-state index < -0.39 is 4.92 Å². The van der Waals surface area contributed by atoms with E-state index in [-0.39, 0.29) is 11.3 Å². The molecule has 6 heteroatoms. The molecule has 0 spiro atoms. The highest BCUT2D eigenvalue weighted by Crippen LogP contribution is 2.23. The van der Waals surface area contributed by atoms with Crippen molar-refractivity contribution in [1.29, 1.82) is 5.26 Å². The molecule has 0 bridgehead atoms. The maximum absolute atomic E-state index is 10.6. The van der Waals surface area contributed by atoms with Gasteiger partial charge in [0.25, 0.3) is 5.69 Å². The fourth-order valence-corrected chi connectivity index (χ4v) is 1.22. The molecule has 0 saturated heterocycles. The Balaban J connectivity index is 2.81. The predicted octanol–water partition coefficient (Wildman–Crippen LogP) is 1.34. The van der Waals surface area contributed by atoms with Crippen LogP contribution in [0.4, 0.5) is 5.69 Å². The molecule has 68 valence electrons. The molecule has 0 aliphatic heterocycles. The van der Waals surface area contributed by atoms with Crippen molar-refractivity contribution in [2.45, 2.75) is 0 Å². The summed E-state index contributed by atoms with van der Waals surface area (Å²) in [6.07, 6.45) is 1.51. The van der Waals surface area contributed by atoms with E-state index in [9.17, 15) is 10.1 Å². The van der Waals surface area contributed by atoms with E-state index >= 15 is 0 Å². The minimum atomic E-state index is -0.584. The third kappa shape index (κ3) is 1.08. The zero-order chi connectivity index (χ0) is 10.1. The first-order valence-electron chi connectivity index (χ1n) is 3.74. The second-order valence-corrected chi connectivity index (χ2v) is 2.70. The van der Waals surface area contributed by atoms with Crippen LogP contribution in [-0.2, 0) is 0 Å². The summed E-state index contributed by atoms with van der Waals surface area (Å²) < 4.78 is 0. The van der Waals surface area contributed by atoms with E-state index in [2.05, 4.69) is 10.2 Å². The number of aromatic amines is 1. The minimum Gasteiger partial charge on any atom is -0.278 e. The second kappa shape index (κ2) is 2.81. The van der Waals surface area contributed by atoms with Crippen molar-refractivity contribution in [2.75, 3.05) is 0 Å². The molecule has 14 heavy (non-hydrogen) atoms. The van der Waals surface area contributed by atoms with Gasteiger partial charge in [0.05, 0.1) is 16.6 Å². The van der Waals surface area contributed by atoms with Crippen molar-refractivity contribution in [3.05, 3.63) is 34.0 Å². The normalized spacial score (nSPS) is 9.93. The SMILES string of the molecule is N#Cc1cc2cn[nH]c2cc1[N+](=O)[O-]. The van der Waals surface area contributed by atoms with E-state index in [1.54, 1.807) is 6.07 Å². The maximum atomic E-state index is 10.6. The van der Waals surface area contributed by atoms with Crippen LogP contribution in [0.2, 0.25) is 0 Å². The number of rotatable bonds is 1. The lowest BCUT2D eigenvalue weighted by Gasteiger charge is -1.93. The number of nitro groups is 1. The summed E-state index contributed by atoms with van der Waals surface area (Å²) in [4.78, 5) is 9.98. The number of nitrogens with zero attached hydrogens (tertiary/aromatic N) is 3. The van der Waals surface area contributed by atoms with Gasteiger partial charge >= 0.3 is 0 Å². The van der Waals surface area contributed by atoms with Crippen molar-refractivity contribution in [3.63, 3.8) is 0 Å². The summed E-state index contributed by atoms with van der Waals surface area (Å²) in [5, 5.41) is 26.3. The van der Waals surface area contributed by atoms with Crippen molar-refractivity contribution in [1.82, 2.24) is 10.2 Å². The molecule has 0 aliphatic rings. The van der Waals surface area contributed by atoms with E-state index in [0.717, 1.165) is 0 Å². The lowest BCUT2D eigenvalue weighted by Crippen LogP contribution is -1.91. The first-order chi connectivity index (χ1) is 6.72.